The lowest BCUT2D eigenvalue weighted by molar-refractivity contribution is 0.0630. The number of fused-ring (bicyclic) bond motifs is 5. The Morgan fingerprint density at radius 1 is 0.712 bits per heavy atom. The van der Waals surface area contributed by atoms with Gasteiger partial charge in [-0.05, 0) is 54.1 Å². The van der Waals surface area contributed by atoms with E-state index in [1.807, 2.05) is 42.3 Å². The lowest BCUT2D eigenvalue weighted by atomic mass is 9.94. The fourth-order valence-corrected chi connectivity index (χ4v) is 9.72. The quantitative estimate of drug-likeness (QED) is 0.0859. The van der Waals surface area contributed by atoms with E-state index in [0.29, 0.717) is 22.1 Å². The van der Waals surface area contributed by atoms with E-state index in [0.717, 1.165) is 75.3 Å². The number of carbonyl (C=O) groups excluding carboxylic acids is 1. The van der Waals surface area contributed by atoms with Crippen molar-refractivity contribution in [3.8, 4) is 0 Å². The number of rotatable bonds is 8. The summed E-state index contributed by atoms with van der Waals surface area (Å²) in [7, 11) is -11.3. The number of allylic oxidation sites excluding steroid dienone is 2. The first-order valence-electron chi connectivity index (χ1n) is 17.9. The number of anilines is 4. The van der Waals surface area contributed by atoms with Gasteiger partial charge < -0.3 is 9.80 Å². The molecule has 0 radical (unpaired) electrons. The van der Waals surface area contributed by atoms with Crippen molar-refractivity contribution in [2.24, 2.45) is 10.2 Å². The normalized spacial score (nSPS) is 21.7. The second-order valence-electron chi connectivity index (χ2n) is 14.2. The van der Waals surface area contributed by atoms with Crippen molar-refractivity contribution in [1.82, 2.24) is 24.3 Å². The number of benzene rings is 3. The Labute approximate surface area is 339 Å². The van der Waals surface area contributed by atoms with Gasteiger partial charge in [0.2, 0.25) is 27.8 Å². The molecule has 0 atom stereocenters. The summed E-state index contributed by atoms with van der Waals surface area (Å²) >= 11 is 0. The zero-order valence-corrected chi connectivity index (χ0v) is 33.8. The number of piperazine rings is 3. The first-order valence-corrected chi connectivity index (χ1v) is 22.3. The van der Waals surface area contributed by atoms with E-state index >= 15 is 0 Å². The number of Topliss-reactive ketones (excluding diaryl/α,β-unsaturated/α-hetero) is 1. The van der Waals surface area contributed by atoms with Gasteiger partial charge in [-0.3, -0.25) is 32.4 Å². The predicted octanol–water partition coefficient (Wildman–Crippen LogP) is 2.99. The van der Waals surface area contributed by atoms with Crippen molar-refractivity contribution in [3.63, 3.8) is 0 Å². The summed E-state index contributed by atoms with van der Waals surface area (Å²) in [6, 6.07) is 17.5. The first kappa shape index (κ1) is 40.2. The highest BCUT2D eigenvalue weighted by Gasteiger charge is 2.44. The Morgan fingerprint density at radius 3 is 1.97 bits per heavy atom. The van der Waals surface area contributed by atoms with Crippen molar-refractivity contribution in [3.05, 3.63) is 100.0 Å². The van der Waals surface area contributed by atoms with Crippen LogP contribution in [0.1, 0.15) is 27.0 Å². The number of carbonyl (C=O) groups is 1. The monoisotopic (exact) mass is 862 g/mol. The predicted molar refractivity (Wildman–Crippen MR) is 223 cm³/mol. The van der Waals surface area contributed by atoms with Gasteiger partial charge in [0, 0.05) is 61.8 Å². The molecule has 2 aliphatic carbocycles. The molecule has 0 unspecified atom stereocenters. The van der Waals surface area contributed by atoms with Crippen LogP contribution in [0.5, 0.6) is 0 Å². The van der Waals surface area contributed by atoms with Gasteiger partial charge in [-0.15, -0.1) is 20.2 Å². The molecule has 4 N–H and O–H groups in total. The molecule has 3 aromatic carbocycles. The van der Waals surface area contributed by atoms with Crippen LogP contribution in [-0.2, 0) is 30.3 Å². The van der Waals surface area contributed by atoms with Gasteiger partial charge in [-0.25, -0.2) is 4.21 Å². The molecule has 306 valence electrons. The topological polar surface area (TPSA) is 256 Å². The molecule has 2 bridgehead atoms. The van der Waals surface area contributed by atoms with Crippen LogP contribution in [0.3, 0.4) is 0 Å². The number of ketones is 1. The van der Waals surface area contributed by atoms with Gasteiger partial charge in [0.1, 0.15) is 20.4 Å². The lowest BCUT2D eigenvalue weighted by Gasteiger charge is -2.48. The van der Waals surface area contributed by atoms with Crippen molar-refractivity contribution < 1.29 is 44.1 Å². The van der Waals surface area contributed by atoms with Gasteiger partial charge >= 0.3 is 5.95 Å². The third-order valence-electron chi connectivity index (χ3n) is 10.7. The SMILES string of the molecule is CN(c1ccccc1)c1nc(N(C)c2ccc3c(c2)C=C(S(=O)(=O)O)C(=NN=C2C=Cc4c(cccc4S(=O)(=O)O)C2=S(=O)(O)O)C3=O)nc([N+]23CCN(CC2)CC3)n1. The van der Waals surface area contributed by atoms with Gasteiger partial charge in [-0.2, -0.15) is 21.8 Å². The van der Waals surface area contributed by atoms with Crippen LogP contribution in [0.15, 0.2) is 92.8 Å². The fourth-order valence-electron chi connectivity index (χ4n) is 7.51. The summed E-state index contributed by atoms with van der Waals surface area (Å²) in [5.41, 5.74) is -0.604. The van der Waals surface area contributed by atoms with Crippen molar-refractivity contribution in [1.29, 1.82) is 0 Å². The Bertz CT molecular complexity index is 2920. The van der Waals surface area contributed by atoms with Crippen LogP contribution in [-0.4, -0.2) is 135 Å². The average molecular weight is 863 g/mol. The maximum Gasteiger partial charge on any atom is 0.335 e. The number of hydrogen-bond donors (Lipinski definition) is 4. The molecule has 5 aliphatic rings. The van der Waals surface area contributed by atoms with E-state index in [1.165, 1.54) is 18.2 Å². The molecule has 9 rings (SSSR count). The lowest BCUT2D eigenvalue weighted by Crippen LogP contribution is -2.69. The fraction of sp³-hybridized carbons (Fsp3) is 0.216. The number of para-hydroxylation sites is 1. The molecule has 3 aliphatic heterocycles. The van der Waals surface area contributed by atoms with Crippen LogP contribution < -0.4 is 14.3 Å². The zero-order valence-electron chi connectivity index (χ0n) is 31.3. The molecule has 4 heterocycles. The highest BCUT2D eigenvalue weighted by atomic mass is 32.2. The molecule has 3 fully saturated rings. The minimum absolute atomic E-state index is 0.0292. The van der Waals surface area contributed by atoms with Crippen LogP contribution in [0.2, 0.25) is 0 Å². The van der Waals surface area contributed by atoms with Crippen LogP contribution in [0.4, 0.5) is 29.2 Å². The van der Waals surface area contributed by atoms with Crippen LogP contribution in [0, 0.1) is 0 Å². The third kappa shape index (κ3) is 7.49. The van der Waals surface area contributed by atoms with E-state index in [-0.39, 0.29) is 28.2 Å². The Morgan fingerprint density at radius 2 is 1.36 bits per heavy atom. The van der Waals surface area contributed by atoms with Crippen molar-refractivity contribution >= 4 is 93.8 Å². The summed E-state index contributed by atoms with van der Waals surface area (Å²) in [6.45, 7) is 5.22. The maximum absolute atomic E-state index is 13.9. The Kier molecular flexibility index (Phi) is 9.97. The van der Waals surface area contributed by atoms with Crippen molar-refractivity contribution in [2.75, 3.05) is 63.2 Å². The van der Waals surface area contributed by atoms with Gasteiger partial charge in [0.15, 0.2) is 5.71 Å². The van der Waals surface area contributed by atoms with Crippen LogP contribution in [0.25, 0.3) is 12.2 Å². The molecule has 59 heavy (non-hydrogen) atoms. The van der Waals surface area contributed by atoms with E-state index in [4.69, 9.17) is 15.0 Å². The first-order chi connectivity index (χ1) is 27.8. The van der Waals surface area contributed by atoms with Gasteiger partial charge in [0.25, 0.3) is 20.2 Å². The minimum atomic E-state index is -5.16. The summed E-state index contributed by atoms with van der Waals surface area (Å²) in [5.74, 6) is 0.320. The number of aromatic nitrogens is 3. The number of quaternary nitrogens is 1. The van der Waals surface area contributed by atoms with Crippen LogP contribution >= 0.6 is 0 Å². The third-order valence-corrected chi connectivity index (χ3v) is 13.5. The maximum atomic E-state index is 13.9. The zero-order chi connectivity index (χ0) is 42.1. The highest BCUT2D eigenvalue weighted by molar-refractivity contribution is 7.94. The summed E-state index contributed by atoms with van der Waals surface area (Å²) in [6.07, 6.45) is 3.11. The number of hydrogen-bond acceptors (Lipinski definition) is 14. The van der Waals surface area contributed by atoms with Gasteiger partial charge in [0.05, 0.1) is 19.6 Å². The molecule has 1 aromatic heterocycles. The van der Waals surface area contributed by atoms with E-state index < -0.39 is 62.2 Å². The molecule has 0 saturated carbocycles. The van der Waals surface area contributed by atoms with Gasteiger partial charge in [-0.1, -0.05) is 36.4 Å². The average Bonchev–Trinajstić information content (AvgIpc) is 3.21. The smallest absolute Gasteiger partial charge is 0.313 e. The largest absolute Gasteiger partial charge is 0.335 e. The Hall–Kier alpha value is -5.56. The second kappa shape index (κ2) is 14.6. The van der Waals surface area contributed by atoms with E-state index in [1.54, 1.807) is 18.0 Å². The molecular weight excluding hydrogens is 827 g/mol. The molecule has 4 aromatic rings. The molecule has 3 saturated heterocycles. The molecule has 0 spiro atoms. The molecule has 22 heteroatoms. The standard InChI is InChI=1S/C37H35N9O10S3/c1-43(24-7-4-3-5-8-24)35-38-36(40-37(39-35)46-18-15-45(16-19-46)17-20-46)44(2)25-11-12-26-23(21-25)22-31(58(51,52)53)32(33(26)47)42-41-29-14-13-27-28(34(29)59(54,55)56)9-6-10-30(27)57(48,49)50/h3-14,21-22H,15-20H2,1-2H3,(H3-,41,47,48,49,50,51,52,53,54,55,56)/p+1. The second-order valence-corrected chi connectivity index (χ2v) is 18.4. The highest BCUT2D eigenvalue weighted by Crippen LogP contribution is 2.35. The Balaban J connectivity index is 1.19. The molecule has 19 nitrogen and oxygen atoms in total. The van der Waals surface area contributed by atoms with Crippen molar-refractivity contribution in [2.45, 2.75) is 4.90 Å². The molecule has 0 amide bonds. The molecular formula is C37H36N9O10S3+. The van der Waals surface area contributed by atoms with E-state index in [9.17, 15) is 44.1 Å². The summed E-state index contributed by atoms with van der Waals surface area (Å²) in [4.78, 5) is 32.2. The number of nitrogens with zero attached hydrogens (tertiary/aromatic N) is 9. The van der Waals surface area contributed by atoms with E-state index in [2.05, 4.69) is 15.1 Å². The summed E-state index contributed by atoms with van der Waals surface area (Å²) < 4.78 is 103. The minimum Gasteiger partial charge on any atom is -0.313 e. The summed E-state index contributed by atoms with van der Waals surface area (Å²) in [5, 5.41) is 7.60.